The molecule has 116 valence electrons. The summed E-state index contributed by atoms with van der Waals surface area (Å²) in [5, 5.41) is 2.99. The maximum atomic E-state index is 11.9. The zero-order valence-electron chi connectivity index (χ0n) is 12.7. The van der Waals surface area contributed by atoms with E-state index in [9.17, 15) is 4.79 Å². The fourth-order valence-corrected chi connectivity index (χ4v) is 2.57. The Morgan fingerprint density at radius 1 is 1.38 bits per heavy atom. The summed E-state index contributed by atoms with van der Waals surface area (Å²) in [6.07, 6.45) is 4.52. The highest BCUT2D eigenvalue weighted by Crippen LogP contribution is 2.29. The second-order valence-electron chi connectivity index (χ2n) is 5.54. The molecule has 3 N–H and O–H groups in total. The Kier molecular flexibility index (Phi) is 5.44. The van der Waals surface area contributed by atoms with Gasteiger partial charge in [-0.05, 0) is 37.5 Å². The molecular weight excluding hydrogens is 268 g/mol. The number of carbonyl (C=O) groups excluding carboxylic acids is 1. The SMILES string of the molecule is COc1cc([C@@H](C)N)ccc1OCC(=O)NC1CCCC1. The van der Waals surface area contributed by atoms with E-state index in [1.165, 1.54) is 12.8 Å². The van der Waals surface area contributed by atoms with Crippen molar-refractivity contribution < 1.29 is 14.3 Å². The Balaban J connectivity index is 1.91. The third-order valence-electron chi connectivity index (χ3n) is 3.79. The van der Waals surface area contributed by atoms with Gasteiger partial charge in [-0.25, -0.2) is 0 Å². The van der Waals surface area contributed by atoms with Crippen molar-refractivity contribution in [3.05, 3.63) is 23.8 Å². The van der Waals surface area contributed by atoms with Crippen LogP contribution in [-0.4, -0.2) is 25.7 Å². The van der Waals surface area contributed by atoms with Gasteiger partial charge in [0.2, 0.25) is 0 Å². The highest BCUT2D eigenvalue weighted by molar-refractivity contribution is 5.78. The van der Waals surface area contributed by atoms with Crippen LogP contribution in [0.25, 0.3) is 0 Å². The zero-order valence-corrected chi connectivity index (χ0v) is 12.7. The normalized spacial score (nSPS) is 16.5. The number of benzene rings is 1. The molecule has 5 heteroatoms. The first-order valence-corrected chi connectivity index (χ1v) is 7.46. The highest BCUT2D eigenvalue weighted by Gasteiger charge is 2.17. The zero-order chi connectivity index (χ0) is 15.2. The van der Waals surface area contributed by atoms with Gasteiger partial charge < -0.3 is 20.5 Å². The van der Waals surface area contributed by atoms with Crippen LogP contribution in [0.1, 0.15) is 44.2 Å². The van der Waals surface area contributed by atoms with Crippen molar-refractivity contribution in [2.24, 2.45) is 5.73 Å². The standard InChI is InChI=1S/C16H24N2O3/c1-11(17)12-7-8-14(15(9-12)20-2)21-10-16(19)18-13-5-3-4-6-13/h7-9,11,13H,3-6,10,17H2,1-2H3,(H,18,19)/t11-/m1/s1. The van der Waals surface area contributed by atoms with Crippen LogP contribution in [0.15, 0.2) is 18.2 Å². The summed E-state index contributed by atoms with van der Waals surface area (Å²) in [6, 6.07) is 5.76. The largest absolute Gasteiger partial charge is 0.493 e. The number of nitrogens with one attached hydrogen (secondary N) is 1. The van der Waals surface area contributed by atoms with E-state index < -0.39 is 0 Å². The third kappa shape index (κ3) is 4.36. The fourth-order valence-electron chi connectivity index (χ4n) is 2.57. The summed E-state index contributed by atoms with van der Waals surface area (Å²) >= 11 is 0. The first kappa shape index (κ1) is 15.6. The van der Waals surface area contributed by atoms with Gasteiger partial charge in [0.25, 0.3) is 5.91 Å². The van der Waals surface area contributed by atoms with E-state index in [4.69, 9.17) is 15.2 Å². The number of methoxy groups -OCH3 is 1. The second kappa shape index (κ2) is 7.31. The minimum atomic E-state index is -0.0831. The topological polar surface area (TPSA) is 73.6 Å². The summed E-state index contributed by atoms with van der Waals surface area (Å²) < 4.78 is 10.8. The summed E-state index contributed by atoms with van der Waals surface area (Å²) in [4.78, 5) is 11.9. The van der Waals surface area contributed by atoms with E-state index in [-0.39, 0.29) is 18.6 Å². The van der Waals surface area contributed by atoms with Crippen LogP contribution in [0, 0.1) is 0 Å². The average Bonchev–Trinajstić information content (AvgIpc) is 2.97. The number of hydrogen-bond acceptors (Lipinski definition) is 4. The monoisotopic (exact) mass is 292 g/mol. The van der Waals surface area contributed by atoms with E-state index in [1.807, 2.05) is 19.1 Å². The molecule has 5 nitrogen and oxygen atoms in total. The number of nitrogens with two attached hydrogens (primary N) is 1. The Hall–Kier alpha value is -1.75. The van der Waals surface area contributed by atoms with Gasteiger partial charge in [-0.15, -0.1) is 0 Å². The number of amides is 1. The lowest BCUT2D eigenvalue weighted by molar-refractivity contribution is -0.123. The van der Waals surface area contributed by atoms with Gasteiger partial charge in [0.15, 0.2) is 18.1 Å². The molecule has 21 heavy (non-hydrogen) atoms. The molecule has 0 saturated heterocycles. The summed E-state index contributed by atoms with van der Waals surface area (Å²) in [5.41, 5.74) is 6.81. The summed E-state index contributed by atoms with van der Waals surface area (Å²) in [7, 11) is 1.58. The number of ether oxygens (including phenoxy) is 2. The maximum Gasteiger partial charge on any atom is 0.258 e. The number of hydrogen-bond donors (Lipinski definition) is 2. The smallest absolute Gasteiger partial charge is 0.258 e. The molecule has 1 amide bonds. The Bertz CT molecular complexity index is 482. The molecule has 0 heterocycles. The molecule has 0 unspecified atom stereocenters. The molecular formula is C16H24N2O3. The molecule has 0 bridgehead atoms. The molecule has 1 fully saturated rings. The minimum absolute atomic E-state index is 0.00435. The van der Waals surface area contributed by atoms with Crippen LogP contribution in [-0.2, 0) is 4.79 Å². The van der Waals surface area contributed by atoms with Crippen molar-refractivity contribution in [1.82, 2.24) is 5.32 Å². The molecule has 1 aromatic carbocycles. The van der Waals surface area contributed by atoms with E-state index in [2.05, 4.69) is 5.32 Å². The van der Waals surface area contributed by atoms with Gasteiger partial charge in [0, 0.05) is 12.1 Å². The number of rotatable bonds is 6. The minimum Gasteiger partial charge on any atom is -0.493 e. The van der Waals surface area contributed by atoms with E-state index >= 15 is 0 Å². The lowest BCUT2D eigenvalue weighted by atomic mass is 10.1. The fraction of sp³-hybridized carbons (Fsp3) is 0.562. The predicted molar refractivity (Wildman–Crippen MR) is 81.5 cm³/mol. The molecule has 2 rings (SSSR count). The molecule has 0 aliphatic heterocycles. The molecule has 1 aliphatic carbocycles. The van der Waals surface area contributed by atoms with Crippen LogP contribution in [0.4, 0.5) is 0 Å². The van der Waals surface area contributed by atoms with Gasteiger partial charge >= 0.3 is 0 Å². The van der Waals surface area contributed by atoms with Crippen LogP contribution in [0.2, 0.25) is 0 Å². The van der Waals surface area contributed by atoms with Crippen molar-refractivity contribution in [3.8, 4) is 11.5 Å². The molecule has 1 aliphatic rings. The lowest BCUT2D eigenvalue weighted by Crippen LogP contribution is -2.36. The van der Waals surface area contributed by atoms with Gasteiger partial charge in [-0.3, -0.25) is 4.79 Å². The molecule has 1 saturated carbocycles. The van der Waals surface area contributed by atoms with Gasteiger partial charge in [0.05, 0.1) is 7.11 Å². The average molecular weight is 292 g/mol. The van der Waals surface area contributed by atoms with Crippen molar-refractivity contribution in [1.29, 1.82) is 0 Å². The summed E-state index contributed by atoms with van der Waals surface area (Å²) in [5.74, 6) is 1.07. The van der Waals surface area contributed by atoms with Crippen LogP contribution < -0.4 is 20.5 Å². The molecule has 0 radical (unpaired) electrons. The van der Waals surface area contributed by atoms with E-state index in [0.29, 0.717) is 17.5 Å². The molecule has 1 atom stereocenters. The Morgan fingerprint density at radius 2 is 2.10 bits per heavy atom. The van der Waals surface area contributed by atoms with Crippen LogP contribution in [0.5, 0.6) is 11.5 Å². The van der Waals surface area contributed by atoms with E-state index in [1.54, 1.807) is 13.2 Å². The van der Waals surface area contributed by atoms with Gasteiger partial charge in [-0.2, -0.15) is 0 Å². The van der Waals surface area contributed by atoms with E-state index in [0.717, 1.165) is 18.4 Å². The van der Waals surface area contributed by atoms with Crippen molar-refractivity contribution in [2.75, 3.05) is 13.7 Å². The number of carbonyl (C=O) groups is 1. The Labute approximate surface area is 125 Å². The quantitative estimate of drug-likeness (QED) is 0.842. The van der Waals surface area contributed by atoms with Crippen molar-refractivity contribution >= 4 is 5.91 Å². The van der Waals surface area contributed by atoms with Crippen molar-refractivity contribution in [2.45, 2.75) is 44.7 Å². The first-order valence-electron chi connectivity index (χ1n) is 7.46. The third-order valence-corrected chi connectivity index (χ3v) is 3.79. The maximum absolute atomic E-state index is 11.9. The molecule has 0 aromatic heterocycles. The summed E-state index contributed by atoms with van der Waals surface area (Å²) in [6.45, 7) is 1.91. The van der Waals surface area contributed by atoms with Crippen LogP contribution in [0.3, 0.4) is 0 Å². The van der Waals surface area contributed by atoms with Crippen LogP contribution >= 0.6 is 0 Å². The molecule has 1 aromatic rings. The molecule has 0 spiro atoms. The van der Waals surface area contributed by atoms with Crippen molar-refractivity contribution in [3.63, 3.8) is 0 Å². The first-order chi connectivity index (χ1) is 10.1. The van der Waals surface area contributed by atoms with Gasteiger partial charge in [0.1, 0.15) is 0 Å². The highest BCUT2D eigenvalue weighted by atomic mass is 16.5. The Morgan fingerprint density at radius 3 is 2.71 bits per heavy atom. The lowest BCUT2D eigenvalue weighted by Gasteiger charge is -2.15. The predicted octanol–water partition coefficient (Wildman–Crippen LogP) is 2.15. The van der Waals surface area contributed by atoms with Gasteiger partial charge in [-0.1, -0.05) is 18.9 Å². The second-order valence-corrected chi connectivity index (χ2v) is 5.54.